The highest BCUT2D eigenvalue weighted by Crippen LogP contribution is 2.29. The van der Waals surface area contributed by atoms with Crippen LogP contribution in [0.2, 0.25) is 0 Å². The average Bonchev–Trinajstić information content (AvgIpc) is 3.11. The minimum Gasteiger partial charge on any atom is -0.455 e. The van der Waals surface area contributed by atoms with Gasteiger partial charge in [-0.25, -0.2) is 0 Å². The van der Waals surface area contributed by atoms with Gasteiger partial charge in [0.2, 0.25) is 5.91 Å². The molecule has 0 saturated carbocycles. The zero-order valence-electron chi connectivity index (χ0n) is 12.7. The van der Waals surface area contributed by atoms with Crippen molar-refractivity contribution in [1.29, 1.82) is 0 Å². The number of ether oxygens (including phenoxy) is 1. The van der Waals surface area contributed by atoms with Gasteiger partial charge in [0.15, 0.2) is 5.75 Å². The summed E-state index contributed by atoms with van der Waals surface area (Å²) in [5.74, 6) is 1.16. The van der Waals surface area contributed by atoms with E-state index in [4.69, 9.17) is 4.74 Å². The molecule has 3 aromatic rings. The molecule has 5 heteroatoms. The fourth-order valence-corrected chi connectivity index (χ4v) is 2.14. The van der Waals surface area contributed by atoms with E-state index < -0.39 is 6.04 Å². The molecule has 0 aliphatic rings. The zero-order chi connectivity index (χ0) is 16.1. The third-order valence-electron chi connectivity index (χ3n) is 3.42. The van der Waals surface area contributed by atoms with Gasteiger partial charge in [-0.2, -0.15) is 5.10 Å². The van der Waals surface area contributed by atoms with Crippen LogP contribution in [-0.2, 0) is 4.79 Å². The van der Waals surface area contributed by atoms with E-state index >= 15 is 0 Å². The molecule has 0 aliphatic carbocycles. The summed E-state index contributed by atoms with van der Waals surface area (Å²) in [5, 5.41) is 6.99. The van der Waals surface area contributed by atoms with Gasteiger partial charge in [-0.1, -0.05) is 30.3 Å². The highest BCUT2D eigenvalue weighted by atomic mass is 16.5. The van der Waals surface area contributed by atoms with Crippen LogP contribution < -0.4 is 10.1 Å². The summed E-state index contributed by atoms with van der Waals surface area (Å²) in [4.78, 5) is 12.4. The van der Waals surface area contributed by atoms with E-state index in [1.165, 1.54) is 0 Å². The fourth-order valence-electron chi connectivity index (χ4n) is 2.14. The van der Waals surface area contributed by atoms with E-state index in [0.717, 1.165) is 0 Å². The number of hydrogen-bond acceptors (Lipinski definition) is 3. The number of nitrogens with one attached hydrogen (secondary N) is 1. The molecule has 1 amide bonds. The maximum atomic E-state index is 12.4. The van der Waals surface area contributed by atoms with Gasteiger partial charge in [0, 0.05) is 12.4 Å². The van der Waals surface area contributed by atoms with Crippen LogP contribution in [0.4, 0.5) is 5.69 Å². The van der Waals surface area contributed by atoms with Gasteiger partial charge >= 0.3 is 0 Å². The minimum absolute atomic E-state index is 0.155. The number of carbonyl (C=O) groups excluding carboxylic acids is 1. The monoisotopic (exact) mass is 307 g/mol. The number of aromatic nitrogens is 2. The van der Waals surface area contributed by atoms with Crippen molar-refractivity contribution in [2.45, 2.75) is 13.0 Å². The number of carbonyl (C=O) groups is 1. The van der Waals surface area contributed by atoms with E-state index in [1.54, 1.807) is 30.1 Å². The number of anilines is 1. The second kappa shape index (κ2) is 6.79. The molecule has 1 atom stereocenters. The standard InChI is InChI=1S/C18H17N3O2/c1-14(21-13-7-12-19-21)18(22)20-16-10-5-6-11-17(16)23-15-8-3-2-4-9-15/h2-14H,1H3,(H,20,22). The molecular weight excluding hydrogens is 290 g/mol. The average molecular weight is 307 g/mol. The van der Waals surface area contributed by atoms with Gasteiger partial charge in [0.25, 0.3) is 0 Å². The molecule has 1 aromatic heterocycles. The minimum atomic E-state index is -0.408. The quantitative estimate of drug-likeness (QED) is 0.778. The van der Waals surface area contributed by atoms with Crippen LogP contribution in [-0.4, -0.2) is 15.7 Å². The Morgan fingerprint density at radius 2 is 1.83 bits per heavy atom. The summed E-state index contributed by atoms with van der Waals surface area (Å²) in [6.07, 6.45) is 3.41. The summed E-state index contributed by atoms with van der Waals surface area (Å²) in [7, 11) is 0. The first-order valence-corrected chi connectivity index (χ1v) is 7.36. The lowest BCUT2D eigenvalue weighted by atomic mass is 10.2. The largest absolute Gasteiger partial charge is 0.455 e. The summed E-state index contributed by atoms with van der Waals surface area (Å²) in [6.45, 7) is 1.79. The Hall–Kier alpha value is -3.08. The van der Waals surface area contributed by atoms with E-state index in [0.29, 0.717) is 17.2 Å². The Labute approximate surface area is 134 Å². The second-order valence-electron chi connectivity index (χ2n) is 5.06. The molecule has 0 fully saturated rings. The topological polar surface area (TPSA) is 56.1 Å². The highest BCUT2D eigenvalue weighted by molar-refractivity contribution is 5.94. The molecule has 116 valence electrons. The molecule has 0 radical (unpaired) electrons. The molecule has 1 heterocycles. The van der Waals surface area contributed by atoms with Gasteiger partial charge in [-0.3, -0.25) is 9.48 Å². The van der Waals surface area contributed by atoms with Crippen molar-refractivity contribution >= 4 is 11.6 Å². The first-order valence-electron chi connectivity index (χ1n) is 7.36. The highest BCUT2D eigenvalue weighted by Gasteiger charge is 2.16. The van der Waals surface area contributed by atoms with Gasteiger partial charge in [0.1, 0.15) is 11.8 Å². The van der Waals surface area contributed by atoms with Gasteiger partial charge in [0.05, 0.1) is 5.69 Å². The van der Waals surface area contributed by atoms with E-state index in [-0.39, 0.29) is 5.91 Å². The van der Waals surface area contributed by atoms with Crippen molar-refractivity contribution < 1.29 is 9.53 Å². The maximum Gasteiger partial charge on any atom is 0.249 e. The third kappa shape index (κ3) is 3.58. The van der Waals surface area contributed by atoms with Crippen molar-refractivity contribution in [1.82, 2.24) is 9.78 Å². The van der Waals surface area contributed by atoms with Crippen molar-refractivity contribution in [2.24, 2.45) is 0 Å². The fraction of sp³-hybridized carbons (Fsp3) is 0.111. The van der Waals surface area contributed by atoms with Crippen LogP contribution in [0, 0.1) is 0 Å². The molecule has 23 heavy (non-hydrogen) atoms. The molecule has 1 N–H and O–H groups in total. The molecule has 1 unspecified atom stereocenters. The summed E-state index contributed by atoms with van der Waals surface area (Å²) in [6, 6.07) is 18.2. The maximum absolute atomic E-state index is 12.4. The van der Waals surface area contributed by atoms with E-state index in [1.807, 2.05) is 54.6 Å². The number of benzene rings is 2. The van der Waals surface area contributed by atoms with E-state index in [9.17, 15) is 4.79 Å². The van der Waals surface area contributed by atoms with Crippen LogP contribution in [0.25, 0.3) is 0 Å². The lowest BCUT2D eigenvalue weighted by Gasteiger charge is -2.15. The Morgan fingerprint density at radius 3 is 2.57 bits per heavy atom. The van der Waals surface area contributed by atoms with Gasteiger partial charge in [-0.05, 0) is 37.3 Å². The van der Waals surface area contributed by atoms with Gasteiger partial charge in [-0.15, -0.1) is 0 Å². The van der Waals surface area contributed by atoms with Gasteiger partial charge < -0.3 is 10.1 Å². The predicted octanol–water partition coefficient (Wildman–Crippen LogP) is 3.88. The molecule has 2 aromatic carbocycles. The van der Waals surface area contributed by atoms with Crippen LogP contribution in [0.5, 0.6) is 11.5 Å². The Bertz CT molecular complexity index is 770. The second-order valence-corrected chi connectivity index (χ2v) is 5.06. The smallest absolute Gasteiger partial charge is 0.249 e. The zero-order valence-corrected chi connectivity index (χ0v) is 12.7. The molecular formula is C18H17N3O2. The lowest BCUT2D eigenvalue weighted by Crippen LogP contribution is -2.24. The van der Waals surface area contributed by atoms with Crippen LogP contribution >= 0.6 is 0 Å². The van der Waals surface area contributed by atoms with Crippen LogP contribution in [0.15, 0.2) is 73.1 Å². The molecule has 5 nitrogen and oxygen atoms in total. The number of amides is 1. The van der Waals surface area contributed by atoms with Crippen molar-refractivity contribution in [3.63, 3.8) is 0 Å². The van der Waals surface area contributed by atoms with Crippen LogP contribution in [0.1, 0.15) is 13.0 Å². The molecule has 0 bridgehead atoms. The summed E-state index contributed by atoms with van der Waals surface area (Å²) < 4.78 is 7.45. The number of nitrogens with zero attached hydrogens (tertiary/aromatic N) is 2. The Morgan fingerprint density at radius 1 is 1.09 bits per heavy atom. The lowest BCUT2D eigenvalue weighted by molar-refractivity contribution is -0.119. The normalized spacial score (nSPS) is 11.7. The third-order valence-corrected chi connectivity index (χ3v) is 3.42. The number of rotatable bonds is 5. The summed E-state index contributed by atoms with van der Waals surface area (Å²) in [5.41, 5.74) is 0.625. The number of hydrogen-bond donors (Lipinski definition) is 1. The SMILES string of the molecule is CC(C(=O)Nc1ccccc1Oc1ccccc1)n1cccn1. The Kier molecular flexibility index (Phi) is 4.38. The van der Waals surface area contributed by atoms with Crippen molar-refractivity contribution in [3.05, 3.63) is 73.1 Å². The number of para-hydroxylation sites is 3. The first-order chi connectivity index (χ1) is 11.2. The first kappa shape index (κ1) is 14.8. The molecule has 0 spiro atoms. The summed E-state index contributed by atoms with van der Waals surface area (Å²) >= 11 is 0. The van der Waals surface area contributed by atoms with E-state index in [2.05, 4.69) is 10.4 Å². The molecule has 0 saturated heterocycles. The van der Waals surface area contributed by atoms with Crippen molar-refractivity contribution in [3.8, 4) is 11.5 Å². The molecule has 3 rings (SSSR count). The van der Waals surface area contributed by atoms with Crippen LogP contribution in [0.3, 0.4) is 0 Å². The predicted molar refractivity (Wildman–Crippen MR) is 88.5 cm³/mol. The Balaban J connectivity index is 1.76. The molecule has 0 aliphatic heterocycles. The van der Waals surface area contributed by atoms with Crippen molar-refractivity contribution in [2.75, 3.05) is 5.32 Å².